The minimum Gasteiger partial charge on any atom is -0.395 e. The second kappa shape index (κ2) is 7.42. The molecule has 0 unspecified atom stereocenters. The van der Waals surface area contributed by atoms with Crippen molar-refractivity contribution in [2.75, 3.05) is 32.1 Å². The highest BCUT2D eigenvalue weighted by molar-refractivity contribution is 7.89. The van der Waals surface area contributed by atoms with Gasteiger partial charge in [0, 0.05) is 32.5 Å². The number of sulfonamides is 1. The van der Waals surface area contributed by atoms with Crippen LogP contribution in [-0.2, 0) is 10.0 Å². The standard InChI is InChI=1S/C12H21N3O3S/c1-3-4-7-15(8-9-16)19(17,18)12-10-14-6-5-11(12)13-2/h5-6,10,16H,3-4,7-9H2,1-2H3,(H,13,14). The van der Waals surface area contributed by atoms with Crippen molar-refractivity contribution in [2.24, 2.45) is 0 Å². The molecular weight excluding hydrogens is 266 g/mol. The zero-order valence-corrected chi connectivity index (χ0v) is 12.2. The molecule has 1 rings (SSSR count). The Morgan fingerprint density at radius 2 is 2.16 bits per heavy atom. The lowest BCUT2D eigenvalue weighted by Gasteiger charge is -2.22. The number of hydrogen-bond acceptors (Lipinski definition) is 5. The molecule has 0 fully saturated rings. The fourth-order valence-electron chi connectivity index (χ4n) is 1.73. The molecule has 1 heterocycles. The van der Waals surface area contributed by atoms with Gasteiger partial charge in [0.25, 0.3) is 0 Å². The quantitative estimate of drug-likeness (QED) is 0.742. The van der Waals surface area contributed by atoms with E-state index in [1.807, 2.05) is 6.92 Å². The molecule has 108 valence electrons. The molecule has 2 N–H and O–H groups in total. The topological polar surface area (TPSA) is 82.5 Å². The Morgan fingerprint density at radius 3 is 2.74 bits per heavy atom. The van der Waals surface area contributed by atoms with Crippen LogP contribution < -0.4 is 5.32 Å². The summed E-state index contributed by atoms with van der Waals surface area (Å²) in [5, 5.41) is 11.9. The summed E-state index contributed by atoms with van der Waals surface area (Å²) in [5.41, 5.74) is 0.509. The molecule has 0 aliphatic carbocycles. The van der Waals surface area contributed by atoms with Crippen LogP contribution in [0.1, 0.15) is 19.8 Å². The van der Waals surface area contributed by atoms with Crippen LogP contribution in [0.25, 0.3) is 0 Å². The zero-order valence-electron chi connectivity index (χ0n) is 11.3. The van der Waals surface area contributed by atoms with Crippen LogP contribution in [-0.4, -0.2) is 49.6 Å². The number of anilines is 1. The van der Waals surface area contributed by atoms with Crippen molar-refractivity contribution in [3.63, 3.8) is 0 Å². The van der Waals surface area contributed by atoms with Crippen LogP contribution >= 0.6 is 0 Å². The third-order valence-electron chi connectivity index (χ3n) is 2.78. The summed E-state index contributed by atoms with van der Waals surface area (Å²) in [7, 11) is -1.97. The Balaban J connectivity index is 3.11. The number of nitrogens with one attached hydrogen (secondary N) is 1. The van der Waals surface area contributed by atoms with Crippen LogP contribution in [0.3, 0.4) is 0 Å². The average molecular weight is 287 g/mol. The van der Waals surface area contributed by atoms with Crippen LogP contribution in [0.15, 0.2) is 23.4 Å². The lowest BCUT2D eigenvalue weighted by molar-refractivity contribution is 0.252. The molecule has 0 aliphatic heterocycles. The van der Waals surface area contributed by atoms with Gasteiger partial charge in [-0.2, -0.15) is 4.31 Å². The molecular formula is C12H21N3O3S. The van der Waals surface area contributed by atoms with Crippen molar-refractivity contribution in [3.8, 4) is 0 Å². The number of rotatable bonds is 8. The molecule has 0 spiro atoms. The minimum atomic E-state index is -3.63. The summed E-state index contributed by atoms with van der Waals surface area (Å²) in [4.78, 5) is 4.01. The van der Waals surface area contributed by atoms with Crippen molar-refractivity contribution < 1.29 is 13.5 Å². The molecule has 0 bridgehead atoms. The van der Waals surface area contributed by atoms with E-state index < -0.39 is 10.0 Å². The molecule has 0 atom stereocenters. The van der Waals surface area contributed by atoms with Gasteiger partial charge >= 0.3 is 0 Å². The highest BCUT2D eigenvalue weighted by atomic mass is 32.2. The van der Waals surface area contributed by atoms with Gasteiger partial charge in [-0.1, -0.05) is 13.3 Å². The Labute approximate surface area is 114 Å². The molecule has 1 aromatic heterocycles. The first kappa shape index (κ1) is 15.9. The second-order valence-electron chi connectivity index (χ2n) is 4.10. The fourth-order valence-corrected chi connectivity index (χ4v) is 3.34. The average Bonchev–Trinajstić information content (AvgIpc) is 2.43. The summed E-state index contributed by atoms with van der Waals surface area (Å²) in [6.45, 7) is 2.29. The number of unbranched alkanes of at least 4 members (excludes halogenated alkanes) is 1. The number of aliphatic hydroxyl groups excluding tert-OH is 1. The molecule has 7 heteroatoms. The minimum absolute atomic E-state index is 0.0976. The normalized spacial score (nSPS) is 11.8. The largest absolute Gasteiger partial charge is 0.395 e. The second-order valence-corrected chi connectivity index (χ2v) is 6.01. The smallest absolute Gasteiger partial charge is 0.246 e. The van der Waals surface area contributed by atoms with Crippen LogP contribution in [0.2, 0.25) is 0 Å². The van der Waals surface area contributed by atoms with Gasteiger partial charge in [-0.25, -0.2) is 8.42 Å². The molecule has 0 aromatic carbocycles. The molecule has 6 nitrogen and oxygen atoms in total. The van der Waals surface area contributed by atoms with Crippen molar-refractivity contribution in [1.29, 1.82) is 0 Å². The van der Waals surface area contributed by atoms with E-state index in [0.29, 0.717) is 12.2 Å². The van der Waals surface area contributed by atoms with Gasteiger partial charge in [0.1, 0.15) is 4.90 Å². The van der Waals surface area contributed by atoms with E-state index in [2.05, 4.69) is 10.3 Å². The van der Waals surface area contributed by atoms with Gasteiger partial charge in [0.15, 0.2) is 0 Å². The Bertz CT molecular complexity index is 491. The first-order valence-electron chi connectivity index (χ1n) is 6.30. The van der Waals surface area contributed by atoms with Crippen molar-refractivity contribution in [3.05, 3.63) is 18.5 Å². The van der Waals surface area contributed by atoms with Gasteiger partial charge in [-0.3, -0.25) is 4.98 Å². The Hall–Kier alpha value is -1.18. The summed E-state index contributed by atoms with van der Waals surface area (Å²) in [6.07, 6.45) is 4.52. The van der Waals surface area contributed by atoms with Crippen molar-refractivity contribution in [1.82, 2.24) is 9.29 Å². The van der Waals surface area contributed by atoms with Gasteiger partial charge < -0.3 is 10.4 Å². The van der Waals surface area contributed by atoms with E-state index in [9.17, 15) is 8.42 Å². The summed E-state index contributed by atoms with van der Waals surface area (Å²) >= 11 is 0. The SMILES string of the molecule is CCCCN(CCO)S(=O)(=O)c1cnccc1NC. The number of aliphatic hydroxyl groups is 1. The lowest BCUT2D eigenvalue weighted by Crippen LogP contribution is -2.34. The maximum Gasteiger partial charge on any atom is 0.246 e. The van der Waals surface area contributed by atoms with Crippen molar-refractivity contribution in [2.45, 2.75) is 24.7 Å². The molecule has 0 saturated carbocycles. The van der Waals surface area contributed by atoms with Crippen molar-refractivity contribution >= 4 is 15.7 Å². The highest BCUT2D eigenvalue weighted by Gasteiger charge is 2.26. The molecule has 0 amide bonds. The number of nitrogens with zero attached hydrogens (tertiary/aromatic N) is 2. The summed E-state index contributed by atoms with van der Waals surface area (Å²) in [6, 6.07) is 1.61. The zero-order chi connectivity index (χ0) is 14.3. The van der Waals surface area contributed by atoms with Crippen LogP contribution in [0.4, 0.5) is 5.69 Å². The Morgan fingerprint density at radius 1 is 1.42 bits per heavy atom. The fraction of sp³-hybridized carbons (Fsp3) is 0.583. The summed E-state index contributed by atoms with van der Waals surface area (Å²) in [5.74, 6) is 0. The van der Waals surface area contributed by atoms with E-state index in [4.69, 9.17) is 5.11 Å². The van der Waals surface area contributed by atoms with Crippen LogP contribution in [0.5, 0.6) is 0 Å². The van der Waals surface area contributed by atoms with E-state index in [1.165, 1.54) is 16.7 Å². The van der Waals surface area contributed by atoms with Gasteiger partial charge in [-0.05, 0) is 12.5 Å². The van der Waals surface area contributed by atoms with Gasteiger partial charge in [0.2, 0.25) is 10.0 Å². The molecule has 0 aliphatic rings. The monoisotopic (exact) mass is 287 g/mol. The van der Waals surface area contributed by atoms with Gasteiger partial charge in [0.05, 0.1) is 12.3 Å². The molecule has 0 radical (unpaired) electrons. The highest BCUT2D eigenvalue weighted by Crippen LogP contribution is 2.23. The Kier molecular flexibility index (Phi) is 6.20. The predicted octanol–water partition coefficient (Wildman–Crippen LogP) is 0.906. The molecule has 0 saturated heterocycles. The number of hydrogen-bond donors (Lipinski definition) is 2. The third-order valence-corrected chi connectivity index (χ3v) is 4.71. The van der Waals surface area contributed by atoms with E-state index in [0.717, 1.165) is 12.8 Å². The lowest BCUT2D eigenvalue weighted by atomic mass is 10.3. The number of pyridine rings is 1. The predicted molar refractivity (Wildman–Crippen MR) is 74.5 cm³/mol. The van der Waals surface area contributed by atoms with Gasteiger partial charge in [-0.15, -0.1) is 0 Å². The first-order valence-corrected chi connectivity index (χ1v) is 7.74. The van der Waals surface area contributed by atoms with Crippen LogP contribution in [0, 0.1) is 0 Å². The molecule has 19 heavy (non-hydrogen) atoms. The first-order chi connectivity index (χ1) is 9.07. The van der Waals surface area contributed by atoms with E-state index in [-0.39, 0.29) is 18.0 Å². The van der Waals surface area contributed by atoms with E-state index >= 15 is 0 Å². The molecule has 1 aromatic rings. The maximum atomic E-state index is 12.5. The maximum absolute atomic E-state index is 12.5. The summed E-state index contributed by atoms with van der Waals surface area (Å²) < 4.78 is 26.4. The van der Waals surface area contributed by atoms with E-state index in [1.54, 1.807) is 13.1 Å². The number of aromatic nitrogens is 1. The third kappa shape index (κ3) is 3.89.